The second-order valence-corrected chi connectivity index (χ2v) is 10.0. The second-order valence-electron chi connectivity index (χ2n) is 10.0. The number of para-hydroxylation sites is 1. The molecular formula is C32H34N4O2. The van der Waals surface area contributed by atoms with Gasteiger partial charge in [-0.25, -0.2) is 15.0 Å². The second kappa shape index (κ2) is 12.9. The number of carbonyl (C=O) groups is 2. The molecule has 0 saturated heterocycles. The van der Waals surface area contributed by atoms with E-state index in [9.17, 15) is 9.59 Å². The number of nitrogens with zero attached hydrogens (tertiary/aromatic N) is 3. The molecule has 2 amide bonds. The van der Waals surface area contributed by atoms with Gasteiger partial charge < -0.3 is 5.32 Å². The lowest BCUT2D eigenvalue weighted by molar-refractivity contribution is 0.100. The number of aliphatic imine (C=N–C) groups is 1. The summed E-state index contributed by atoms with van der Waals surface area (Å²) in [5.41, 5.74) is 4.45. The Balaban J connectivity index is 1.63. The van der Waals surface area contributed by atoms with E-state index in [1.54, 1.807) is 18.2 Å². The number of hydrogen-bond donors (Lipinski definition) is 1. The van der Waals surface area contributed by atoms with Gasteiger partial charge in [0.2, 0.25) is 0 Å². The SMILES string of the molecule is C=NC(=O)c1cccc2c(CC(CCCCC(C)C)c3cccc(NC(=O)c4ccccc4)c3)ncnc12. The first-order valence-electron chi connectivity index (χ1n) is 13.2. The van der Waals surface area contributed by atoms with Gasteiger partial charge in [-0.2, -0.15) is 0 Å². The zero-order chi connectivity index (χ0) is 26.9. The summed E-state index contributed by atoms with van der Waals surface area (Å²) >= 11 is 0. The van der Waals surface area contributed by atoms with E-state index in [0.717, 1.165) is 41.6 Å². The lowest BCUT2D eigenvalue weighted by Crippen LogP contribution is -2.12. The zero-order valence-corrected chi connectivity index (χ0v) is 22.1. The quantitative estimate of drug-likeness (QED) is 0.171. The van der Waals surface area contributed by atoms with Crippen LogP contribution in [0.2, 0.25) is 0 Å². The van der Waals surface area contributed by atoms with Gasteiger partial charge in [-0.05, 0) is 67.3 Å². The molecule has 1 heterocycles. The first-order valence-corrected chi connectivity index (χ1v) is 13.2. The van der Waals surface area contributed by atoms with Gasteiger partial charge in [-0.3, -0.25) is 9.59 Å². The number of anilines is 1. The summed E-state index contributed by atoms with van der Waals surface area (Å²) < 4.78 is 0. The Hall–Kier alpha value is -4.19. The van der Waals surface area contributed by atoms with Crippen LogP contribution in [0.15, 0.2) is 84.1 Å². The van der Waals surface area contributed by atoms with Gasteiger partial charge in [0.1, 0.15) is 6.33 Å². The van der Waals surface area contributed by atoms with Crippen LogP contribution < -0.4 is 5.32 Å². The minimum atomic E-state index is -0.396. The van der Waals surface area contributed by atoms with Crippen LogP contribution in [0.3, 0.4) is 0 Å². The van der Waals surface area contributed by atoms with Crippen molar-refractivity contribution in [2.75, 3.05) is 5.32 Å². The zero-order valence-electron chi connectivity index (χ0n) is 22.1. The fourth-order valence-corrected chi connectivity index (χ4v) is 4.79. The molecule has 0 aliphatic heterocycles. The van der Waals surface area contributed by atoms with Gasteiger partial charge >= 0.3 is 0 Å². The summed E-state index contributed by atoms with van der Waals surface area (Å²) in [5.74, 6) is 0.328. The number of benzene rings is 3. The maximum Gasteiger partial charge on any atom is 0.278 e. The molecule has 0 aliphatic carbocycles. The van der Waals surface area contributed by atoms with Crippen molar-refractivity contribution in [3.05, 3.63) is 102 Å². The van der Waals surface area contributed by atoms with Crippen molar-refractivity contribution in [3.63, 3.8) is 0 Å². The van der Waals surface area contributed by atoms with Gasteiger partial charge in [-0.15, -0.1) is 0 Å². The van der Waals surface area contributed by atoms with Crippen molar-refractivity contribution in [2.24, 2.45) is 10.9 Å². The minimum absolute atomic E-state index is 0.133. The standard InChI is InChI=1S/C32H34N4O2/c1-22(2)11-7-8-14-25(20-29-27-17-10-18-28(32(38)33-3)30(27)35-21-34-29)24-15-9-16-26(19-24)36-31(37)23-12-5-4-6-13-23/h4-6,9-10,12-13,15-19,21-22,25H,3,7-8,11,14,20H2,1-2H3,(H,36,37). The van der Waals surface area contributed by atoms with Crippen LogP contribution in [0.4, 0.5) is 5.69 Å². The highest BCUT2D eigenvalue weighted by Gasteiger charge is 2.18. The Morgan fingerprint density at radius 2 is 1.68 bits per heavy atom. The Morgan fingerprint density at radius 3 is 2.45 bits per heavy atom. The predicted octanol–water partition coefficient (Wildman–Crippen LogP) is 7.27. The lowest BCUT2D eigenvalue weighted by atomic mass is 9.87. The number of rotatable bonds is 11. The number of hydrogen-bond acceptors (Lipinski definition) is 4. The molecule has 1 atom stereocenters. The van der Waals surface area contributed by atoms with E-state index in [4.69, 9.17) is 0 Å². The Morgan fingerprint density at radius 1 is 0.921 bits per heavy atom. The molecule has 4 aromatic rings. The van der Waals surface area contributed by atoms with Gasteiger partial charge in [0.25, 0.3) is 11.8 Å². The van der Waals surface area contributed by atoms with Crippen LogP contribution in [0.5, 0.6) is 0 Å². The normalized spacial score (nSPS) is 11.9. The van der Waals surface area contributed by atoms with Crippen LogP contribution in [0.25, 0.3) is 10.9 Å². The molecule has 6 nitrogen and oxygen atoms in total. The summed E-state index contributed by atoms with van der Waals surface area (Å²) in [5, 5.41) is 3.89. The first-order chi connectivity index (χ1) is 18.5. The summed E-state index contributed by atoms with van der Waals surface area (Å²) in [6.07, 6.45) is 6.64. The van der Waals surface area contributed by atoms with Crippen LogP contribution in [-0.4, -0.2) is 28.5 Å². The molecule has 1 aromatic heterocycles. The Labute approximate surface area is 224 Å². The molecule has 0 saturated carbocycles. The Kier molecular flexibility index (Phi) is 9.09. The highest BCUT2D eigenvalue weighted by atomic mass is 16.2. The Bertz CT molecular complexity index is 1420. The third kappa shape index (κ3) is 6.76. The molecule has 1 unspecified atom stereocenters. The highest BCUT2D eigenvalue weighted by molar-refractivity contribution is 6.07. The molecule has 194 valence electrons. The first kappa shape index (κ1) is 26.9. The summed E-state index contributed by atoms with van der Waals surface area (Å²) in [6, 6.07) is 22.8. The van der Waals surface area contributed by atoms with Crippen LogP contribution >= 0.6 is 0 Å². The van der Waals surface area contributed by atoms with Crippen LogP contribution in [0.1, 0.15) is 77.4 Å². The summed E-state index contributed by atoms with van der Waals surface area (Å²) in [6.45, 7) is 7.88. The molecule has 0 spiro atoms. The molecule has 0 radical (unpaired) electrons. The molecular weight excluding hydrogens is 472 g/mol. The van der Waals surface area contributed by atoms with E-state index in [1.807, 2.05) is 42.5 Å². The number of amides is 2. The van der Waals surface area contributed by atoms with Crippen molar-refractivity contribution >= 4 is 35.1 Å². The fraction of sp³-hybridized carbons (Fsp3) is 0.281. The number of nitrogens with one attached hydrogen (secondary N) is 1. The van der Waals surface area contributed by atoms with E-state index in [2.05, 4.69) is 53.0 Å². The van der Waals surface area contributed by atoms with E-state index < -0.39 is 5.91 Å². The number of unbranched alkanes of at least 4 members (excludes halogenated alkanes) is 1. The summed E-state index contributed by atoms with van der Waals surface area (Å²) in [4.78, 5) is 37.7. The molecule has 6 heteroatoms. The monoisotopic (exact) mass is 506 g/mol. The van der Waals surface area contributed by atoms with Gasteiger partial charge in [0.15, 0.2) is 0 Å². The largest absolute Gasteiger partial charge is 0.322 e. The summed E-state index contributed by atoms with van der Waals surface area (Å²) in [7, 11) is 0. The van der Waals surface area contributed by atoms with Gasteiger partial charge in [-0.1, -0.05) is 75.6 Å². The average Bonchev–Trinajstić information content (AvgIpc) is 2.94. The van der Waals surface area contributed by atoms with Crippen LogP contribution in [0, 0.1) is 5.92 Å². The number of fused-ring (bicyclic) bond motifs is 1. The van der Waals surface area contributed by atoms with Crippen molar-refractivity contribution in [1.82, 2.24) is 9.97 Å². The van der Waals surface area contributed by atoms with Crippen molar-refractivity contribution < 1.29 is 9.59 Å². The molecule has 0 aliphatic rings. The number of aromatic nitrogens is 2. The third-order valence-electron chi connectivity index (χ3n) is 6.80. The fourth-order valence-electron chi connectivity index (χ4n) is 4.79. The van der Waals surface area contributed by atoms with Gasteiger partial charge in [0, 0.05) is 16.6 Å². The van der Waals surface area contributed by atoms with Crippen molar-refractivity contribution in [3.8, 4) is 0 Å². The molecule has 0 fully saturated rings. The molecule has 3 aromatic carbocycles. The smallest absolute Gasteiger partial charge is 0.278 e. The maximum atomic E-state index is 12.8. The van der Waals surface area contributed by atoms with E-state index in [0.29, 0.717) is 29.0 Å². The topological polar surface area (TPSA) is 84.3 Å². The highest BCUT2D eigenvalue weighted by Crippen LogP contribution is 2.31. The van der Waals surface area contributed by atoms with Gasteiger partial charge in [0.05, 0.1) is 16.8 Å². The van der Waals surface area contributed by atoms with Crippen molar-refractivity contribution in [2.45, 2.75) is 51.9 Å². The lowest BCUT2D eigenvalue weighted by Gasteiger charge is -2.20. The average molecular weight is 507 g/mol. The van der Waals surface area contributed by atoms with E-state index in [1.165, 1.54) is 12.7 Å². The van der Waals surface area contributed by atoms with E-state index in [-0.39, 0.29) is 11.8 Å². The number of carbonyl (C=O) groups excluding carboxylic acids is 2. The third-order valence-corrected chi connectivity index (χ3v) is 6.80. The molecule has 1 N–H and O–H groups in total. The maximum absolute atomic E-state index is 12.8. The molecule has 38 heavy (non-hydrogen) atoms. The molecule has 0 bridgehead atoms. The minimum Gasteiger partial charge on any atom is -0.322 e. The molecule has 4 rings (SSSR count). The van der Waals surface area contributed by atoms with Crippen LogP contribution in [-0.2, 0) is 6.42 Å². The van der Waals surface area contributed by atoms with Crippen molar-refractivity contribution in [1.29, 1.82) is 0 Å². The predicted molar refractivity (Wildman–Crippen MR) is 154 cm³/mol. The van der Waals surface area contributed by atoms with E-state index >= 15 is 0 Å².